The molecule has 1 aromatic heterocycles. The predicted molar refractivity (Wildman–Crippen MR) is 57.0 cm³/mol. The third kappa shape index (κ3) is 1.20. The van der Waals surface area contributed by atoms with Crippen LogP contribution in [-0.2, 0) is 12.2 Å². The van der Waals surface area contributed by atoms with Crippen molar-refractivity contribution in [2.75, 3.05) is 0 Å². The van der Waals surface area contributed by atoms with E-state index in [0.29, 0.717) is 5.69 Å². The number of aliphatic hydroxyl groups is 2. The molecular formula is C12H12NO2. The summed E-state index contributed by atoms with van der Waals surface area (Å²) in [6, 6.07) is 7.84. The highest BCUT2D eigenvalue weighted by atomic mass is 16.5. The standard InChI is InChI=1S/C12H12NO2/c14-12(15)7-3-5-9-8-4-1-2-6-10(8)13-11(9)12/h1-4,6,13-15H,5,7H2. The summed E-state index contributed by atoms with van der Waals surface area (Å²) in [6.07, 6.45) is 2.98. The van der Waals surface area contributed by atoms with Crippen LogP contribution in [0.25, 0.3) is 10.9 Å². The van der Waals surface area contributed by atoms with E-state index in [1.807, 2.05) is 30.7 Å². The Balaban J connectivity index is 2.34. The molecule has 77 valence electrons. The normalized spacial score (nSPS) is 19.1. The lowest BCUT2D eigenvalue weighted by Crippen LogP contribution is -2.30. The fourth-order valence-electron chi connectivity index (χ4n) is 2.27. The molecule has 1 radical (unpaired) electrons. The van der Waals surface area contributed by atoms with Crippen LogP contribution in [0.1, 0.15) is 17.7 Å². The van der Waals surface area contributed by atoms with E-state index in [0.717, 1.165) is 22.9 Å². The van der Waals surface area contributed by atoms with Crippen molar-refractivity contribution in [2.24, 2.45) is 0 Å². The van der Waals surface area contributed by atoms with Crippen LogP contribution in [0.15, 0.2) is 24.3 Å². The van der Waals surface area contributed by atoms with Gasteiger partial charge < -0.3 is 15.2 Å². The number of hydrogen-bond acceptors (Lipinski definition) is 2. The summed E-state index contributed by atoms with van der Waals surface area (Å²) in [5.74, 6) is -1.73. The molecule has 15 heavy (non-hydrogen) atoms. The van der Waals surface area contributed by atoms with Gasteiger partial charge in [-0.2, -0.15) is 0 Å². The highest BCUT2D eigenvalue weighted by Crippen LogP contribution is 2.36. The van der Waals surface area contributed by atoms with Crippen molar-refractivity contribution in [1.29, 1.82) is 0 Å². The lowest BCUT2D eigenvalue weighted by atomic mass is 9.91. The molecule has 1 heterocycles. The van der Waals surface area contributed by atoms with Crippen molar-refractivity contribution in [2.45, 2.75) is 18.6 Å². The number of nitrogens with one attached hydrogen (secondary N) is 1. The summed E-state index contributed by atoms with van der Waals surface area (Å²) >= 11 is 0. The van der Waals surface area contributed by atoms with E-state index in [9.17, 15) is 10.2 Å². The summed E-state index contributed by atoms with van der Waals surface area (Å²) in [7, 11) is 0. The van der Waals surface area contributed by atoms with Gasteiger partial charge in [0.15, 0.2) is 0 Å². The quantitative estimate of drug-likeness (QED) is 0.566. The zero-order valence-corrected chi connectivity index (χ0v) is 8.20. The summed E-state index contributed by atoms with van der Waals surface area (Å²) in [5, 5.41) is 20.7. The van der Waals surface area contributed by atoms with E-state index < -0.39 is 5.79 Å². The van der Waals surface area contributed by atoms with Gasteiger partial charge in [-0.15, -0.1) is 0 Å². The molecule has 1 aliphatic carbocycles. The minimum Gasteiger partial charge on any atom is -0.361 e. The Kier molecular flexibility index (Phi) is 1.69. The molecule has 0 saturated carbocycles. The first-order chi connectivity index (χ1) is 7.18. The van der Waals surface area contributed by atoms with E-state index in [2.05, 4.69) is 4.98 Å². The first kappa shape index (κ1) is 8.95. The van der Waals surface area contributed by atoms with Crippen LogP contribution >= 0.6 is 0 Å². The van der Waals surface area contributed by atoms with Crippen molar-refractivity contribution in [1.82, 2.24) is 4.98 Å². The maximum absolute atomic E-state index is 9.82. The Bertz CT molecular complexity index is 513. The van der Waals surface area contributed by atoms with Crippen molar-refractivity contribution >= 4 is 10.9 Å². The number of fused-ring (bicyclic) bond motifs is 3. The maximum Gasteiger partial charge on any atom is 0.205 e. The van der Waals surface area contributed by atoms with Crippen LogP contribution in [0.5, 0.6) is 0 Å². The molecule has 0 unspecified atom stereocenters. The van der Waals surface area contributed by atoms with Crippen molar-refractivity contribution in [3.05, 3.63) is 41.9 Å². The van der Waals surface area contributed by atoms with Crippen LogP contribution < -0.4 is 0 Å². The van der Waals surface area contributed by atoms with E-state index in [4.69, 9.17) is 0 Å². The van der Waals surface area contributed by atoms with Crippen molar-refractivity contribution in [3.8, 4) is 0 Å². The van der Waals surface area contributed by atoms with Gasteiger partial charge in [0.05, 0.1) is 5.69 Å². The summed E-state index contributed by atoms with van der Waals surface area (Å²) in [6.45, 7) is 0. The van der Waals surface area contributed by atoms with E-state index in [-0.39, 0.29) is 6.42 Å². The third-order valence-electron chi connectivity index (χ3n) is 2.99. The zero-order chi connectivity index (χ0) is 10.5. The Morgan fingerprint density at radius 2 is 2.00 bits per heavy atom. The molecule has 3 N–H and O–H groups in total. The largest absolute Gasteiger partial charge is 0.361 e. The number of H-pyrrole nitrogens is 1. The highest BCUT2D eigenvalue weighted by Gasteiger charge is 2.34. The first-order valence-electron chi connectivity index (χ1n) is 5.05. The van der Waals surface area contributed by atoms with E-state index in [1.54, 1.807) is 0 Å². The Hall–Kier alpha value is -1.32. The molecule has 0 spiro atoms. The fourth-order valence-corrected chi connectivity index (χ4v) is 2.27. The topological polar surface area (TPSA) is 56.2 Å². The smallest absolute Gasteiger partial charge is 0.205 e. The number of benzene rings is 1. The SMILES string of the molecule is OC1(O)C[CH]Cc2c1[nH]c1ccccc21. The van der Waals surface area contributed by atoms with E-state index in [1.165, 1.54) is 0 Å². The van der Waals surface area contributed by atoms with Gasteiger partial charge in [-0.25, -0.2) is 0 Å². The van der Waals surface area contributed by atoms with Gasteiger partial charge in [0.1, 0.15) is 0 Å². The van der Waals surface area contributed by atoms with Crippen LogP contribution in [0.4, 0.5) is 0 Å². The molecule has 0 bridgehead atoms. The molecule has 0 fully saturated rings. The molecule has 3 heteroatoms. The van der Waals surface area contributed by atoms with Gasteiger partial charge in [-0.05, 0) is 24.5 Å². The molecule has 1 aliphatic rings. The third-order valence-corrected chi connectivity index (χ3v) is 2.99. The summed E-state index contributed by atoms with van der Waals surface area (Å²) in [4.78, 5) is 3.09. The molecule has 0 saturated heterocycles. The Labute approximate surface area is 87.4 Å². The summed E-state index contributed by atoms with van der Waals surface area (Å²) in [5.41, 5.74) is 2.51. The van der Waals surface area contributed by atoms with Crippen molar-refractivity contribution in [3.63, 3.8) is 0 Å². The zero-order valence-electron chi connectivity index (χ0n) is 8.20. The number of para-hydroxylation sites is 1. The van der Waals surface area contributed by atoms with Crippen LogP contribution in [0.3, 0.4) is 0 Å². The van der Waals surface area contributed by atoms with Crippen molar-refractivity contribution < 1.29 is 10.2 Å². The predicted octanol–water partition coefficient (Wildman–Crippen LogP) is 1.46. The monoisotopic (exact) mass is 202 g/mol. The highest BCUT2D eigenvalue weighted by molar-refractivity contribution is 5.85. The molecule has 3 rings (SSSR count). The second kappa shape index (κ2) is 2.84. The summed E-state index contributed by atoms with van der Waals surface area (Å²) < 4.78 is 0. The Morgan fingerprint density at radius 1 is 1.20 bits per heavy atom. The van der Waals surface area contributed by atoms with Gasteiger partial charge in [0.2, 0.25) is 5.79 Å². The molecule has 0 amide bonds. The number of hydrogen-bond donors (Lipinski definition) is 3. The molecule has 0 aliphatic heterocycles. The molecular weight excluding hydrogens is 190 g/mol. The minimum absolute atomic E-state index is 0.285. The lowest BCUT2D eigenvalue weighted by Gasteiger charge is -2.26. The molecule has 0 atom stereocenters. The van der Waals surface area contributed by atoms with Gasteiger partial charge >= 0.3 is 0 Å². The number of rotatable bonds is 0. The number of aromatic nitrogens is 1. The van der Waals surface area contributed by atoms with Gasteiger partial charge in [-0.3, -0.25) is 0 Å². The van der Waals surface area contributed by atoms with E-state index >= 15 is 0 Å². The second-order valence-electron chi connectivity index (χ2n) is 4.04. The Morgan fingerprint density at radius 3 is 2.87 bits per heavy atom. The van der Waals surface area contributed by atoms with Crippen LogP contribution in [0, 0.1) is 6.42 Å². The number of aromatic amines is 1. The lowest BCUT2D eigenvalue weighted by molar-refractivity contribution is -0.174. The fraction of sp³-hybridized carbons (Fsp3) is 0.250. The van der Waals surface area contributed by atoms with Gasteiger partial charge in [-0.1, -0.05) is 18.2 Å². The molecule has 3 nitrogen and oxygen atoms in total. The van der Waals surface area contributed by atoms with Gasteiger partial charge in [0, 0.05) is 17.3 Å². The molecule has 2 aromatic rings. The average molecular weight is 202 g/mol. The van der Waals surface area contributed by atoms with Crippen LogP contribution in [0.2, 0.25) is 0 Å². The average Bonchev–Trinajstić information content (AvgIpc) is 2.58. The van der Waals surface area contributed by atoms with Gasteiger partial charge in [0.25, 0.3) is 0 Å². The minimum atomic E-state index is -1.73. The maximum atomic E-state index is 9.82. The second-order valence-corrected chi connectivity index (χ2v) is 4.04. The van der Waals surface area contributed by atoms with Crippen LogP contribution in [-0.4, -0.2) is 15.2 Å². The molecule has 1 aromatic carbocycles. The first-order valence-corrected chi connectivity index (χ1v) is 5.05.